The summed E-state index contributed by atoms with van der Waals surface area (Å²) in [6.45, 7) is 2.94. The van der Waals surface area contributed by atoms with E-state index in [0.29, 0.717) is 23.8 Å². The second-order valence-corrected chi connectivity index (χ2v) is 6.68. The monoisotopic (exact) mass is 366 g/mol. The molecule has 0 bridgehead atoms. The van der Waals surface area contributed by atoms with Crippen LogP contribution in [0.15, 0.2) is 60.7 Å². The predicted octanol–water partition coefficient (Wildman–Crippen LogP) is 4.58. The average molecular weight is 367 g/mol. The SMILES string of the molecule is O=C(Nc1cc(Cl)ccc1N1CCOCC1)c1cccc2ccccc12. The second kappa shape index (κ2) is 7.36. The zero-order valence-corrected chi connectivity index (χ0v) is 15.0. The Morgan fingerprint density at radius 3 is 2.62 bits per heavy atom. The van der Waals surface area contributed by atoms with Crippen LogP contribution in [0.25, 0.3) is 10.8 Å². The largest absolute Gasteiger partial charge is 0.378 e. The molecule has 4 nitrogen and oxygen atoms in total. The van der Waals surface area contributed by atoms with Crippen LogP contribution in [0.5, 0.6) is 0 Å². The molecule has 26 heavy (non-hydrogen) atoms. The predicted molar refractivity (Wildman–Crippen MR) is 106 cm³/mol. The molecule has 132 valence electrons. The van der Waals surface area contributed by atoms with Gasteiger partial charge >= 0.3 is 0 Å². The number of carbonyl (C=O) groups excluding carboxylic acids is 1. The van der Waals surface area contributed by atoms with E-state index in [-0.39, 0.29) is 5.91 Å². The first-order chi connectivity index (χ1) is 12.7. The minimum Gasteiger partial charge on any atom is -0.378 e. The van der Waals surface area contributed by atoms with Gasteiger partial charge in [0.25, 0.3) is 5.91 Å². The smallest absolute Gasteiger partial charge is 0.256 e. The first kappa shape index (κ1) is 16.9. The number of halogens is 1. The van der Waals surface area contributed by atoms with Crippen LogP contribution in [0.2, 0.25) is 5.02 Å². The summed E-state index contributed by atoms with van der Waals surface area (Å²) in [6.07, 6.45) is 0. The number of amides is 1. The number of ether oxygens (including phenoxy) is 1. The molecule has 0 radical (unpaired) electrons. The highest BCUT2D eigenvalue weighted by atomic mass is 35.5. The number of hydrogen-bond donors (Lipinski definition) is 1. The van der Waals surface area contributed by atoms with Crippen molar-refractivity contribution in [3.05, 3.63) is 71.2 Å². The summed E-state index contributed by atoms with van der Waals surface area (Å²) in [7, 11) is 0. The normalized spacial score (nSPS) is 14.4. The van der Waals surface area contributed by atoms with Crippen molar-refractivity contribution in [1.82, 2.24) is 0 Å². The summed E-state index contributed by atoms with van der Waals surface area (Å²) < 4.78 is 5.43. The number of nitrogens with zero attached hydrogens (tertiary/aromatic N) is 1. The van der Waals surface area contributed by atoms with E-state index in [0.717, 1.165) is 35.2 Å². The van der Waals surface area contributed by atoms with Crippen LogP contribution in [0.1, 0.15) is 10.4 Å². The Morgan fingerprint density at radius 1 is 1.00 bits per heavy atom. The summed E-state index contributed by atoms with van der Waals surface area (Å²) in [5.41, 5.74) is 2.33. The first-order valence-electron chi connectivity index (χ1n) is 8.64. The van der Waals surface area contributed by atoms with E-state index in [9.17, 15) is 4.79 Å². The number of carbonyl (C=O) groups is 1. The van der Waals surface area contributed by atoms with Crippen LogP contribution in [-0.4, -0.2) is 32.2 Å². The van der Waals surface area contributed by atoms with Crippen LogP contribution >= 0.6 is 11.6 Å². The van der Waals surface area contributed by atoms with Gasteiger partial charge in [-0.2, -0.15) is 0 Å². The van der Waals surface area contributed by atoms with Crippen LogP contribution in [-0.2, 0) is 4.74 Å². The molecule has 1 aliphatic rings. The Hall–Kier alpha value is -2.56. The lowest BCUT2D eigenvalue weighted by Gasteiger charge is -2.30. The van der Waals surface area contributed by atoms with Gasteiger partial charge < -0.3 is 15.0 Å². The van der Waals surface area contributed by atoms with Crippen molar-refractivity contribution in [2.75, 3.05) is 36.5 Å². The van der Waals surface area contributed by atoms with Gasteiger partial charge in [0.2, 0.25) is 0 Å². The van der Waals surface area contributed by atoms with E-state index >= 15 is 0 Å². The minimum absolute atomic E-state index is 0.140. The molecule has 1 amide bonds. The van der Waals surface area contributed by atoms with Gasteiger partial charge in [-0.05, 0) is 35.0 Å². The van der Waals surface area contributed by atoms with Crippen molar-refractivity contribution in [3.8, 4) is 0 Å². The van der Waals surface area contributed by atoms with Gasteiger partial charge in [-0.3, -0.25) is 4.79 Å². The Balaban J connectivity index is 1.68. The molecule has 5 heteroatoms. The van der Waals surface area contributed by atoms with Gasteiger partial charge in [0.1, 0.15) is 0 Å². The quantitative estimate of drug-likeness (QED) is 0.737. The second-order valence-electron chi connectivity index (χ2n) is 6.24. The van der Waals surface area contributed by atoms with Gasteiger partial charge in [-0.25, -0.2) is 0 Å². The molecular formula is C21H19ClN2O2. The van der Waals surface area contributed by atoms with E-state index in [1.54, 1.807) is 6.07 Å². The molecule has 1 saturated heterocycles. The Bertz CT molecular complexity index is 946. The van der Waals surface area contributed by atoms with Crippen LogP contribution in [0.3, 0.4) is 0 Å². The van der Waals surface area contributed by atoms with Gasteiger partial charge in [0, 0.05) is 23.7 Å². The average Bonchev–Trinajstić information content (AvgIpc) is 2.68. The summed E-state index contributed by atoms with van der Waals surface area (Å²) in [5, 5.41) is 5.62. The van der Waals surface area contributed by atoms with Gasteiger partial charge in [0.15, 0.2) is 0 Å². The van der Waals surface area contributed by atoms with E-state index in [2.05, 4.69) is 10.2 Å². The Labute approximate surface area is 157 Å². The number of rotatable bonds is 3. The van der Waals surface area contributed by atoms with E-state index < -0.39 is 0 Å². The standard InChI is InChI=1S/C21H19ClN2O2/c22-16-8-9-20(24-10-12-26-13-11-24)19(14-16)23-21(25)18-7-3-5-15-4-1-2-6-17(15)18/h1-9,14H,10-13H2,(H,23,25). The lowest BCUT2D eigenvalue weighted by atomic mass is 10.0. The molecule has 1 heterocycles. The molecule has 0 saturated carbocycles. The third-order valence-corrected chi connectivity index (χ3v) is 4.83. The molecule has 4 rings (SSSR count). The van der Waals surface area contributed by atoms with Crippen molar-refractivity contribution in [3.63, 3.8) is 0 Å². The number of morpholine rings is 1. The van der Waals surface area contributed by atoms with E-state index in [1.165, 1.54) is 0 Å². The molecule has 0 aromatic heterocycles. The maximum Gasteiger partial charge on any atom is 0.256 e. The molecule has 0 aliphatic carbocycles. The maximum absolute atomic E-state index is 13.0. The van der Waals surface area contributed by atoms with E-state index in [4.69, 9.17) is 16.3 Å². The lowest BCUT2D eigenvalue weighted by Crippen LogP contribution is -2.36. The topological polar surface area (TPSA) is 41.6 Å². The molecular weight excluding hydrogens is 348 g/mol. The summed E-state index contributed by atoms with van der Waals surface area (Å²) in [6, 6.07) is 19.2. The molecule has 3 aromatic rings. The fourth-order valence-electron chi connectivity index (χ4n) is 3.30. The van der Waals surface area contributed by atoms with Crippen molar-refractivity contribution >= 4 is 39.7 Å². The highest BCUT2D eigenvalue weighted by molar-refractivity contribution is 6.31. The number of anilines is 2. The number of fused-ring (bicyclic) bond motifs is 1. The van der Waals surface area contributed by atoms with Crippen LogP contribution in [0, 0.1) is 0 Å². The summed E-state index contributed by atoms with van der Waals surface area (Å²) >= 11 is 6.19. The minimum atomic E-state index is -0.140. The Morgan fingerprint density at radius 2 is 1.77 bits per heavy atom. The molecule has 0 unspecified atom stereocenters. The van der Waals surface area contributed by atoms with Crippen molar-refractivity contribution < 1.29 is 9.53 Å². The molecule has 1 N–H and O–H groups in total. The molecule has 0 spiro atoms. The van der Waals surface area contributed by atoms with Crippen molar-refractivity contribution in [1.29, 1.82) is 0 Å². The van der Waals surface area contributed by atoms with Gasteiger partial charge in [-0.15, -0.1) is 0 Å². The van der Waals surface area contributed by atoms with Crippen LogP contribution in [0.4, 0.5) is 11.4 Å². The fourth-order valence-corrected chi connectivity index (χ4v) is 3.47. The summed E-state index contributed by atoms with van der Waals surface area (Å²) in [5.74, 6) is -0.140. The Kier molecular flexibility index (Phi) is 4.78. The number of benzene rings is 3. The molecule has 0 atom stereocenters. The number of hydrogen-bond acceptors (Lipinski definition) is 3. The van der Waals surface area contributed by atoms with Crippen molar-refractivity contribution in [2.24, 2.45) is 0 Å². The third-order valence-electron chi connectivity index (χ3n) is 4.59. The van der Waals surface area contributed by atoms with Gasteiger partial charge in [-0.1, -0.05) is 48.0 Å². The lowest BCUT2D eigenvalue weighted by molar-refractivity contribution is 0.102. The highest BCUT2D eigenvalue weighted by Gasteiger charge is 2.18. The fraction of sp³-hybridized carbons (Fsp3) is 0.190. The maximum atomic E-state index is 13.0. The molecule has 1 aliphatic heterocycles. The highest BCUT2D eigenvalue weighted by Crippen LogP contribution is 2.31. The molecule has 1 fully saturated rings. The van der Waals surface area contributed by atoms with Crippen LogP contribution < -0.4 is 10.2 Å². The molecule has 3 aromatic carbocycles. The zero-order valence-electron chi connectivity index (χ0n) is 14.2. The zero-order chi connectivity index (χ0) is 17.9. The van der Waals surface area contributed by atoms with Gasteiger partial charge in [0.05, 0.1) is 24.6 Å². The van der Waals surface area contributed by atoms with Crippen molar-refractivity contribution in [2.45, 2.75) is 0 Å². The number of nitrogens with one attached hydrogen (secondary N) is 1. The van der Waals surface area contributed by atoms with E-state index in [1.807, 2.05) is 54.6 Å². The third kappa shape index (κ3) is 3.39. The summed E-state index contributed by atoms with van der Waals surface area (Å²) in [4.78, 5) is 15.2. The first-order valence-corrected chi connectivity index (χ1v) is 9.01.